The number of halogens is 1. The lowest BCUT2D eigenvalue weighted by Crippen LogP contribution is -2.13. The summed E-state index contributed by atoms with van der Waals surface area (Å²) in [4.78, 5) is 9.31. The van der Waals surface area contributed by atoms with Crippen molar-refractivity contribution >= 4 is 18.4 Å². The monoisotopic (exact) mass is 400 g/mol. The van der Waals surface area contributed by atoms with Crippen LogP contribution in [0.15, 0.2) is 34.7 Å². The van der Waals surface area contributed by atoms with E-state index in [0.29, 0.717) is 31.3 Å². The number of hydrogen-bond acceptors (Lipinski definition) is 7. The Labute approximate surface area is 170 Å². The molecule has 1 aliphatic carbocycles. The molecule has 1 atom stereocenters. The summed E-state index contributed by atoms with van der Waals surface area (Å²) in [5.74, 6) is 1.30. The molecule has 0 saturated carbocycles. The summed E-state index contributed by atoms with van der Waals surface area (Å²) in [6, 6.07) is 10.1. The van der Waals surface area contributed by atoms with Gasteiger partial charge < -0.3 is 15.5 Å². The fourth-order valence-electron chi connectivity index (χ4n) is 3.49. The van der Waals surface area contributed by atoms with E-state index in [2.05, 4.69) is 32.4 Å². The number of hydrogen-bond donors (Lipinski definition) is 2. The van der Waals surface area contributed by atoms with Crippen LogP contribution in [0.3, 0.4) is 0 Å². The fourth-order valence-corrected chi connectivity index (χ4v) is 3.49. The van der Waals surface area contributed by atoms with Gasteiger partial charge in [0.15, 0.2) is 0 Å². The Balaban J connectivity index is 0.00000225. The molecule has 0 saturated heterocycles. The summed E-state index contributed by atoms with van der Waals surface area (Å²) in [6.07, 6.45) is 4.71. The van der Waals surface area contributed by atoms with Crippen LogP contribution in [0.2, 0.25) is 0 Å². The van der Waals surface area contributed by atoms with Crippen LogP contribution in [0.5, 0.6) is 0 Å². The SMILES string of the molecule is Cc1nc(CCNc2nnc([C@H](N)Cc3ccccc3)o2)nc2c1CCC2.Cl. The Morgan fingerprint density at radius 3 is 2.79 bits per heavy atom. The number of nitrogens with one attached hydrogen (secondary N) is 1. The molecule has 2 heterocycles. The molecule has 2 aromatic heterocycles. The molecule has 0 fully saturated rings. The molecule has 0 aliphatic heterocycles. The largest absolute Gasteiger partial charge is 0.406 e. The van der Waals surface area contributed by atoms with Gasteiger partial charge in [0.1, 0.15) is 5.82 Å². The average molecular weight is 401 g/mol. The van der Waals surface area contributed by atoms with E-state index in [1.807, 2.05) is 30.3 Å². The topological polar surface area (TPSA) is 103 Å². The Hall–Kier alpha value is -2.51. The van der Waals surface area contributed by atoms with Crippen LogP contribution >= 0.6 is 12.4 Å². The minimum absolute atomic E-state index is 0. The Morgan fingerprint density at radius 2 is 1.96 bits per heavy atom. The number of rotatable bonds is 7. The number of anilines is 1. The molecular formula is C20H25ClN6O. The van der Waals surface area contributed by atoms with Crippen molar-refractivity contribution in [3.05, 3.63) is 64.6 Å². The third-order valence-corrected chi connectivity index (χ3v) is 4.87. The molecule has 0 bridgehead atoms. The predicted molar refractivity (Wildman–Crippen MR) is 110 cm³/mol. The van der Waals surface area contributed by atoms with Crippen LogP contribution in [0.25, 0.3) is 0 Å². The quantitative estimate of drug-likeness (QED) is 0.628. The predicted octanol–water partition coefficient (Wildman–Crippen LogP) is 2.98. The maximum Gasteiger partial charge on any atom is 0.315 e. The summed E-state index contributed by atoms with van der Waals surface area (Å²) in [6.45, 7) is 2.70. The highest BCUT2D eigenvalue weighted by Crippen LogP contribution is 2.22. The lowest BCUT2D eigenvalue weighted by Gasteiger charge is -2.07. The highest BCUT2D eigenvalue weighted by atomic mass is 35.5. The molecular weight excluding hydrogens is 376 g/mol. The van der Waals surface area contributed by atoms with Gasteiger partial charge >= 0.3 is 6.01 Å². The van der Waals surface area contributed by atoms with Crippen LogP contribution in [-0.2, 0) is 25.7 Å². The maximum absolute atomic E-state index is 6.18. The first kappa shape index (κ1) is 20.2. The molecule has 148 valence electrons. The van der Waals surface area contributed by atoms with E-state index in [9.17, 15) is 0 Å². The molecule has 0 amide bonds. The highest BCUT2D eigenvalue weighted by Gasteiger charge is 2.17. The number of nitrogens with zero attached hydrogens (tertiary/aromatic N) is 4. The normalized spacial score (nSPS) is 13.6. The van der Waals surface area contributed by atoms with Crippen LogP contribution in [0.4, 0.5) is 6.01 Å². The van der Waals surface area contributed by atoms with E-state index >= 15 is 0 Å². The van der Waals surface area contributed by atoms with Crippen LogP contribution in [0, 0.1) is 6.92 Å². The Bertz CT molecular complexity index is 914. The fraction of sp³-hybridized carbons (Fsp3) is 0.400. The first-order chi connectivity index (χ1) is 13.2. The van der Waals surface area contributed by atoms with Gasteiger partial charge in [-0.25, -0.2) is 9.97 Å². The first-order valence-corrected chi connectivity index (χ1v) is 9.41. The van der Waals surface area contributed by atoms with Gasteiger partial charge in [0, 0.05) is 24.4 Å². The highest BCUT2D eigenvalue weighted by molar-refractivity contribution is 5.85. The van der Waals surface area contributed by atoms with E-state index in [1.54, 1.807) is 0 Å². The van der Waals surface area contributed by atoms with Gasteiger partial charge in [-0.3, -0.25) is 0 Å². The van der Waals surface area contributed by atoms with Gasteiger partial charge in [-0.05, 0) is 43.7 Å². The number of nitrogens with two attached hydrogens (primary N) is 1. The van der Waals surface area contributed by atoms with Gasteiger partial charge in [-0.1, -0.05) is 35.4 Å². The molecule has 7 nitrogen and oxygen atoms in total. The van der Waals surface area contributed by atoms with Crippen molar-refractivity contribution < 1.29 is 4.42 Å². The number of fused-ring (bicyclic) bond motifs is 1. The van der Waals surface area contributed by atoms with Crippen molar-refractivity contribution in [2.24, 2.45) is 5.73 Å². The summed E-state index contributed by atoms with van der Waals surface area (Å²) in [5.41, 5.74) is 11.0. The zero-order chi connectivity index (χ0) is 18.6. The van der Waals surface area contributed by atoms with Crippen LogP contribution in [-0.4, -0.2) is 26.7 Å². The molecule has 8 heteroatoms. The molecule has 3 N–H and O–H groups in total. The summed E-state index contributed by atoms with van der Waals surface area (Å²) < 4.78 is 5.65. The molecule has 4 rings (SSSR count). The van der Waals surface area contributed by atoms with Crippen molar-refractivity contribution in [3.8, 4) is 0 Å². The second-order valence-corrected chi connectivity index (χ2v) is 6.92. The summed E-state index contributed by atoms with van der Waals surface area (Å²) >= 11 is 0. The molecule has 0 spiro atoms. The maximum atomic E-state index is 6.18. The molecule has 3 aromatic rings. The van der Waals surface area contributed by atoms with Crippen molar-refractivity contribution in [3.63, 3.8) is 0 Å². The second kappa shape index (κ2) is 9.12. The minimum atomic E-state index is -0.321. The van der Waals surface area contributed by atoms with Crippen molar-refractivity contribution in [2.45, 2.75) is 45.1 Å². The van der Waals surface area contributed by atoms with E-state index in [0.717, 1.165) is 29.9 Å². The summed E-state index contributed by atoms with van der Waals surface area (Å²) in [7, 11) is 0. The van der Waals surface area contributed by atoms with Gasteiger partial charge in [-0.2, -0.15) is 0 Å². The molecule has 0 radical (unpaired) electrons. The zero-order valence-electron chi connectivity index (χ0n) is 15.9. The number of benzene rings is 1. The smallest absolute Gasteiger partial charge is 0.315 e. The molecule has 0 unspecified atom stereocenters. The van der Waals surface area contributed by atoms with Gasteiger partial charge in [0.05, 0.1) is 6.04 Å². The first-order valence-electron chi connectivity index (χ1n) is 9.41. The molecule has 1 aliphatic rings. The lowest BCUT2D eigenvalue weighted by atomic mass is 10.1. The summed E-state index contributed by atoms with van der Waals surface area (Å²) in [5, 5.41) is 11.2. The zero-order valence-corrected chi connectivity index (χ0v) is 16.7. The van der Waals surface area contributed by atoms with Gasteiger partial charge in [0.2, 0.25) is 5.89 Å². The van der Waals surface area contributed by atoms with Gasteiger partial charge in [0.25, 0.3) is 0 Å². The second-order valence-electron chi connectivity index (χ2n) is 6.92. The Morgan fingerprint density at radius 1 is 1.14 bits per heavy atom. The van der Waals surface area contributed by atoms with Crippen molar-refractivity contribution in [2.75, 3.05) is 11.9 Å². The third-order valence-electron chi connectivity index (χ3n) is 4.87. The van der Waals surface area contributed by atoms with Crippen molar-refractivity contribution in [1.29, 1.82) is 0 Å². The third kappa shape index (κ3) is 4.66. The number of aryl methyl sites for hydroxylation is 2. The van der Waals surface area contributed by atoms with E-state index in [1.165, 1.54) is 17.7 Å². The van der Waals surface area contributed by atoms with Crippen molar-refractivity contribution in [1.82, 2.24) is 20.2 Å². The van der Waals surface area contributed by atoms with E-state index < -0.39 is 0 Å². The average Bonchev–Trinajstić information content (AvgIpc) is 3.32. The lowest BCUT2D eigenvalue weighted by molar-refractivity contribution is 0.457. The van der Waals surface area contributed by atoms with Crippen LogP contribution in [0.1, 0.15) is 46.7 Å². The Kier molecular flexibility index (Phi) is 6.59. The van der Waals surface area contributed by atoms with E-state index in [-0.39, 0.29) is 18.4 Å². The standard InChI is InChI=1S/C20H24N6O.ClH/c1-13-15-8-5-9-17(15)24-18(23-13)10-11-22-20-26-25-19(27-20)16(21)12-14-6-3-2-4-7-14;/h2-4,6-7,16H,5,8-12,21H2,1H3,(H,22,26);1H/t16-;/m1./s1. The number of aromatic nitrogens is 4. The van der Waals surface area contributed by atoms with Crippen LogP contribution < -0.4 is 11.1 Å². The molecule has 28 heavy (non-hydrogen) atoms. The molecule has 1 aromatic carbocycles. The minimum Gasteiger partial charge on any atom is -0.406 e. The van der Waals surface area contributed by atoms with Gasteiger partial charge in [-0.15, -0.1) is 17.5 Å². The van der Waals surface area contributed by atoms with E-state index in [4.69, 9.17) is 10.2 Å².